The number of methoxy groups -OCH3 is 1. The number of nitrogens with one attached hydrogen (secondary N) is 1. The number of carbonyl (C=O) groups is 3. The molecule has 0 spiro atoms. The van der Waals surface area contributed by atoms with Crippen molar-refractivity contribution >= 4 is 34.2 Å². The van der Waals surface area contributed by atoms with Crippen LogP contribution in [0.3, 0.4) is 0 Å². The number of amides is 3. The van der Waals surface area contributed by atoms with Crippen LogP contribution >= 0.6 is 0 Å². The van der Waals surface area contributed by atoms with Crippen LogP contribution in [0.1, 0.15) is 62.4 Å². The highest BCUT2D eigenvalue weighted by atomic mass is 16.5. The zero-order valence-electron chi connectivity index (χ0n) is 22.7. The summed E-state index contributed by atoms with van der Waals surface area (Å²) in [7, 11) is 1.61. The normalized spacial score (nSPS) is 13.9. The lowest BCUT2D eigenvalue weighted by atomic mass is 10.1. The molecule has 7 heteroatoms. The first-order valence-electron chi connectivity index (χ1n) is 13.4. The van der Waals surface area contributed by atoms with Crippen LogP contribution in [0.4, 0.5) is 5.69 Å². The van der Waals surface area contributed by atoms with Crippen molar-refractivity contribution in [2.24, 2.45) is 0 Å². The fraction of sp³-hybridized carbons (Fsp3) is 0.387. The standard InChI is InChI=1S/C31H37N3O4/c1-5-21(3)32-30(36)26(6-2)34(20-22-15-17-24(38-4)18-16-22)28(35)14-9-19-33-27-13-8-11-23-10-7-12-25(29(23)27)31(33)37/h7-8,10-13,15-18,21,26H,5-6,9,14,19-20H2,1-4H3,(H,32,36)/t21-,26+/m0/s1. The summed E-state index contributed by atoms with van der Waals surface area (Å²) in [5, 5.41) is 5.05. The number of hydrogen-bond acceptors (Lipinski definition) is 4. The number of nitrogens with zero attached hydrogens (tertiary/aromatic N) is 2. The molecule has 3 aromatic carbocycles. The number of anilines is 1. The average Bonchev–Trinajstić information content (AvgIpc) is 3.21. The van der Waals surface area contributed by atoms with E-state index in [1.54, 1.807) is 16.9 Å². The Labute approximate surface area is 224 Å². The Hall–Kier alpha value is -3.87. The molecule has 0 aromatic heterocycles. The highest BCUT2D eigenvalue weighted by molar-refractivity contribution is 6.25. The van der Waals surface area contributed by atoms with Crippen LogP contribution in [0.15, 0.2) is 60.7 Å². The van der Waals surface area contributed by atoms with Crippen LogP contribution in [-0.4, -0.2) is 48.4 Å². The van der Waals surface area contributed by atoms with Gasteiger partial charge in [0.2, 0.25) is 11.8 Å². The third kappa shape index (κ3) is 5.67. The summed E-state index contributed by atoms with van der Waals surface area (Å²) in [4.78, 5) is 43.3. The second-order valence-corrected chi connectivity index (χ2v) is 9.85. The summed E-state index contributed by atoms with van der Waals surface area (Å²) >= 11 is 0. The van der Waals surface area contributed by atoms with E-state index in [1.807, 2.05) is 81.4 Å². The summed E-state index contributed by atoms with van der Waals surface area (Å²) in [6.45, 7) is 6.67. The topological polar surface area (TPSA) is 79.0 Å². The van der Waals surface area contributed by atoms with Gasteiger partial charge in [0.15, 0.2) is 0 Å². The van der Waals surface area contributed by atoms with Crippen LogP contribution in [-0.2, 0) is 16.1 Å². The maximum Gasteiger partial charge on any atom is 0.258 e. The van der Waals surface area contributed by atoms with E-state index in [2.05, 4.69) is 5.32 Å². The molecule has 0 saturated carbocycles. The zero-order chi connectivity index (χ0) is 27.2. The Morgan fingerprint density at radius 2 is 1.71 bits per heavy atom. The van der Waals surface area contributed by atoms with Gasteiger partial charge in [0.25, 0.3) is 5.91 Å². The fourth-order valence-electron chi connectivity index (χ4n) is 5.02. The van der Waals surface area contributed by atoms with Gasteiger partial charge in [0, 0.05) is 36.5 Å². The molecule has 7 nitrogen and oxygen atoms in total. The maximum atomic E-state index is 13.6. The lowest BCUT2D eigenvalue weighted by Crippen LogP contribution is -2.50. The molecule has 1 aliphatic rings. The Balaban J connectivity index is 1.49. The summed E-state index contributed by atoms with van der Waals surface area (Å²) in [5.74, 6) is 0.466. The van der Waals surface area contributed by atoms with Crippen molar-refractivity contribution in [2.75, 3.05) is 18.6 Å². The third-order valence-electron chi connectivity index (χ3n) is 7.32. The molecule has 3 aromatic rings. The van der Waals surface area contributed by atoms with Crippen LogP contribution in [0.2, 0.25) is 0 Å². The Bertz CT molecular complexity index is 1300. The van der Waals surface area contributed by atoms with E-state index in [0.29, 0.717) is 31.5 Å². The van der Waals surface area contributed by atoms with Crippen molar-refractivity contribution in [3.8, 4) is 5.75 Å². The maximum absolute atomic E-state index is 13.6. The van der Waals surface area contributed by atoms with Crippen molar-refractivity contribution in [1.29, 1.82) is 0 Å². The second kappa shape index (κ2) is 12.1. The molecule has 0 fully saturated rings. The smallest absolute Gasteiger partial charge is 0.258 e. The Morgan fingerprint density at radius 1 is 1.00 bits per heavy atom. The van der Waals surface area contributed by atoms with Crippen LogP contribution < -0.4 is 15.0 Å². The summed E-state index contributed by atoms with van der Waals surface area (Å²) < 4.78 is 5.26. The van der Waals surface area contributed by atoms with Gasteiger partial charge in [-0.1, -0.05) is 50.2 Å². The zero-order valence-corrected chi connectivity index (χ0v) is 22.7. The van der Waals surface area contributed by atoms with Gasteiger partial charge in [-0.3, -0.25) is 14.4 Å². The third-order valence-corrected chi connectivity index (χ3v) is 7.32. The molecular weight excluding hydrogens is 478 g/mol. The van der Waals surface area contributed by atoms with Crippen LogP contribution in [0, 0.1) is 0 Å². The minimum absolute atomic E-state index is 0.0278. The molecule has 3 amide bonds. The van der Waals surface area contributed by atoms with Gasteiger partial charge in [0.05, 0.1) is 12.8 Å². The number of carbonyl (C=O) groups excluding carboxylic acids is 3. The summed E-state index contributed by atoms with van der Waals surface area (Å²) in [5.41, 5.74) is 2.52. The minimum atomic E-state index is -0.579. The number of ether oxygens (including phenoxy) is 1. The predicted octanol–water partition coefficient (Wildman–Crippen LogP) is 5.31. The highest BCUT2D eigenvalue weighted by Gasteiger charge is 2.31. The van der Waals surface area contributed by atoms with Gasteiger partial charge in [-0.15, -0.1) is 0 Å². The molecule has 38 heavy (non-hydrogen) atoms. The van der Waals surface area contributed by atoms with Crippen molar-refractivity contribution in [3.63, 3.8) is 0 Å². The number of rotatable bonds is 12. The molecule has 0 unspecified atom stereocenters. The van der Waals surface area contributed by atoms with Crippen molar-refractivity contribution < 1.29 is 19.1 Å². The van der Waals surface area contributed by atoms with Gasteiger partial charge in [0.1, 0.15) is 11.8 Å². The molecule has 0 aliphatic carbocycles. The lowest BCUT2D eigenvalue weighted by Gasteiger charge is -2.32. The van der Waals surface area contributed by atoms with Crippen molar-refractivity contribution in [3.05, 3.63) is 71.8 Å². The van der Waals surface area contributed by atoms with E-state index in [-0.39, 0.29) is 30.2 Å². The monoisotopic (exact) mass is 515 g/mol. The summed E-state index contributed by atoms with van der Waals surface area (Å²) in [6, 6.07) is 18.7. The van der Waals surface area contributed by atoms with E-state index < -0.39 is 6.04 Å². The SMILES string of the molecule is CC[C@H](C(=O)N[C@@H](C)CC)N(Cc1ccc(OC)cc1)C(=O)CCCN1C(=O)c2cccc3cccc1c23. The number of hydrogen-bond donors (Lipinski definition) is 1. The molecular formula is C31H37N3O4. The number of benzene rings is 3. The Morgan fingerprint density at radius 3 is 2.37 bits per heavy atom. The lowest BCUT2D eigenvalue weighted by molar-refractivity contribution is -0.141. The molecule has 1 heterocycles. The van der Waals surface area contributed by atoms with Gasteiger partial charge in [-0.05, 0) is 61.4 Å². The van der Waals surface area contributed by atoms with E-state index in [0.717, 1.165) is 34.2 Å². The van der Waals surface area contributed by atoms with Crippen LogP contribution in [0.25, 0.3) is 10.8 Å². The Kier molecular flexibility index (Phi) is 8.66. The van der Waals surface area contributed by atoms with E-state index in [1.165, 1.54) is 0 Å². The highest BCUT2D eigenvalue weighted by Crippen LogP contribution is 2.37. The minimum Gasteiger partial charge on any atom is -0.497 e. The van der Waals surface area contributed by atoms with Gasteiger partial charge in [-0.25, -0.2) is 0 Å². The largest absolute Gasteiger partial charge is 0.497 e. The van der Waals surface area contributed by atoms with E-state index in [9.17, 15) is 14.4 Å². The van der Waals surface area contributed by atoms with E-state index >= 15 is 0 Å². The average molecular weight is 516 g/mol. The van der Waals surface area contributed by atoms with E-state index in [4.69, 9.17) is 4.74 Å². The van der Waals surface area contributed by atoms with Gasteiger partial charge >= 0.3 is 0 Å². The quantitative estimate of drug-likeness (QED) is 0.355. The molecule has 4 rings (SSSR count). The van der Waals surface area contributed by atoms with Gasteiger partial charge in [-0.2, -0.15) is 0 Å². The fourth-order valence-corrected chi connectivity index (χ4v) is 5.02. The first kappa shape index (κ1) is 27.2. The first-order chi connectivity index (χ1) is 18.4. The molecule has 0 radical (unpaired) electrons. The molecule has 0 saturated heterocycles. The van der Waals surface area contributed by atoms with Gasteiger partial charge < -0.3 is 19.9 Å². The van der Waals surface area contributed by atoms with Crippen molar-refractivity contribution in [1.82, 2.24) is 10.2 Å². The second-order valence-electron chi connectivity index (χ2n) is 9.85. The molecule has 200 valence electrons. The predicted molar refractivity (Wildman–Crippen MR) is 150 cm³/mol. The molecule has 1 aliphatic heterocycles. The molecule has 0 bridgehead atoms. The molecule has 2 atom stereocenters. The first-order valence-corrected chi connectivity index (χ1v) is 13.4. The van der Waals surface area contributed by atoms with Crippen LogP contribution in [0.5, 0.6) is 5.75 Å². The summed E-state index contributed by atoms with van der Waals surface area (Å²) in [6.07, 6.45) is 2.05. The molecule has 1 N–H and O–H groups in total. The van der Waals surface area contributed by atoms with Crippen molar-refractivity contribution in [2.45, 2.75) is 65.1 Å².